The lowest BCUT2D eigenvalue weighted by Gasteiger charge is -2.00. The average molecular weight is 251 g/mol. The Balaban J connectivity index is 2.98. The molecule has 0 heterocycles. The van der Waals surface area contributed by atoms with E-state index in [2.05, 4.69) is 11.8 Å². The van der Waals surface area contributed by atoms with Crippen LogP contribution < -0.4 is 0 Å². The Labute approximate surface area is 105 Å². The van der Waals surface area contributed by atoms with Crippen LogP contribution in [0.15, 0.2) is 12.1 Å². The molecule has 0 aliphatic rings. The van der Waals surface area contributed by atoms with E-state index in [1.807, 2.05) is 0 Å². The van der Waals surface area contributed by atoms with Crippen molar-refractivity contribution in [2.24, 2.45) is 0 Å². The van der Waals surface area contributed by atoms with Crippen LogP contribution in [0.25, 0.3) is 0 Å². The second-order valence-electron chi connectivity index (χ2n) is 3.83. The fraction of sp³-hybridized carbons (Fsp3) is 0.385. The third-order valence-electron chi connectivity index (χ3n) is 2.43. The van der Waals surface area contributed by atoms with Crippen molar-refractivity contribution in [1.29, 1.82) is 0 Å². The first-order chi connectivity index (χ1) is 8.57. The zero-order chi connectivity index (χ0) is 13.5. The predicted molar refractivity (Wildman–Crippen MR) is 65.6 cm³/mol. The molecule has 0 aromatic heterocycles. The molecule has 0 fully saturated rings. The highest BCUT2D eigenvalue weighted by molar-refractivity contribution is 5.53. The normalized spacial score (nSPS) is 9.72. The standard InChI is InChI=1S/C13H14FNO3/c1-10-7-8-12(15(17)18)11(13(10)14)6-4-2-3-5-9-16/h7-8,16H,2-3,5,9H2,1H3. The van der Waals surface area contributed by atoms with E-state index < -0.39 is 10.7 Å². The highest BCUT2D eigenvalue weighted by atomic mass is 19.1. The second kappa shape index (κ2) is 6.72. The van der Waals surface area contributed by atoms with Gasteiger partial charge in [-0.05, 0) is 31.4 Å². The highest BCUT2D eigenvalue weighted by Gasteiger charge is 2.17. The molecule has 1 aromatic rings. The topological polar surface area (TPSA) is 63.4 Å². The number of rotatable bonds is 4. The third kappa shape index (κ3) is 3.54. The largest absolute Gasteiger partial charge is 0.396 e. The van der Waals surface area contributed by atoms with Gasteiger partial charge in [-0.15, -0.1) is 0 Å². The van der Waals surface area contributed by atoms with Crippen LogP contribution in [-0.2, 0) is 0 Å². The number of halogens is 1. The number of aliphatic hydroxyl groups is 1. The minimum Gasteiger partial charge on any atom is -0.396 e. The average Bonchev–Trinajstić information content (AvgIpc) is 2.33. The molecule has 0 unspecified atom stereocenters. The fourth-order valence-electron chi connectivity index (χ4n) is 1.42. The minimum atomic E-state index is -0.640. The number of aryl methyl sites for hydroxylation is 1. The van der Waals surface area contributed by atoms with Gasteiger partial charge in [0, 0.05) is 19.1 Å². The molecule has 0 atom stereocenters. The van der Waals surface area contributed by atoms with Crippen molar-refractivity contribution in [3.05, 3.63) is 39.2 Å². The summed E-state index contributed by atoms with van der Waals surface area (Å²) in [6, 6.07) is 2.63. The van der Waals surface area contributed by atoms with E-state index in [0.717, 1.165) is 0 Å². The quantitative estimate of drug-likeness (QED) is 0.387. The molecule has 0 bridgehead atoms. The number of unbranched alkanes of at least 4 members (excludes halogenated alkanes) is 2. The van der Waals surface area contributed by atoms with E-state index in [1.54, 1.807) is 0 Å². The van der Waals surface area contributed by atoms with E-state index in [9.17, 15) is 14.5 Å². The Kier molecular flexibility index (Phi) is 5.28. The van der Waals surface area contributed by atoms with Gasteiger partial charge in [-0.25, -0.2) is 4.39 Å². The smallest absolute Gasteiger partial charge is 0.287 e. The molecule has 5 heteroatoms. The SMILES string of the molecule is Cc1ccc([N+](=O)[O-])c(C#CCCCCO)c1F. The zero-order valence-corrected chi connectivity index (χ0v) is 10.1. The van der Waals surface area contributed by atoms with Crippen molar-refractivity contribution in [2.45, 2.75) is 26.2 Å². The molecular formula is C13H14FNO3. The summed E-state index contributed by atoms with van der Waals surface area (Å²) in [7, 11) is 0. The van der Waals surface area contributed by atoms with Gasteiger partial charge in [0.1, 0.15) is 11.4 Å². The second-order valence-corrected chi connectivity index (χ2v) is 3.83. The molecule has 96 valence electrons. The number of benzene rings is 1. The Morgan fingerprint density at radius 2 is 2.17 bits per heavy atom. The first-order valence-electron chi connectivity index (χ1n) is 5.61. The molecule has 0 saturated carbocycles. The zero-order valence-electron chi connectivity index (χ0n) is 10.1. The third-order valence-corrected chi connectivity index (χ3v) is 2.43. The van der Waals surface area contributed by atoms with Gasteiger partial charge in [-0.1, -0.05) is 11.8 Å². The number of hydrogen-bond donors (Lipinski definition) is 1. The summed E-state index contributed by atoms with van der Waals surface area (Å²) in [6.45, 7) is 1.62. The Hall–Kier alpha value is -1.93. The first-order valence-corrected chi connectivity index (χ1v) is 5.61. The highest BCUT2D eigenvalue weighted by Crippen LogP contribution is 2.23. The summed E-state index contributed by atoms with van der Waals surface area (Å²) in [5, 5.41) is 19.3. The molecule has 0 aliphatic heterocycles. The van der Waals surface area contributed by atoms with Crippen LogP contribution in [0.2, 0.25) is 0 Å². The van der Waals surface area contributed by atoms with Crippen molar-refractivity contribution < 1.29 is 14.4 Å². The van der Waals surface area contributed by atoms with Gasteiger partial charge in [0.2, 0.25) is 0 Å². The summed E-state index contributed by atoms with van der Waals surface area (Å²) in [5.41, 5.74) is -0.142. The monoisotopic (exact) mass is 251 g/mol. The van der Waals surface area contributed by atoms with E-state index in [0.29, 0.717) is 24.8 Å². The summed E-state index contributed by atoms with van der Waals surface area (Å²) in [6.07, 6.45) is 1.78. The van der Waals surface area contributed by atoms with Gasteiger partial charge in [-0.3, -0.25) is 10.1 Å². The van der Waals surface area contributed by atoms with Crippen molar-refractivity contribution in [3.63, 3.8) is 0 Å². The molecule has 0 spiro atoms. The van der Waals surface area contributed by atoms with Gasteiger partial charge in [0.05, 0.1) is 4.92 Å². The molecule has 18 heavy (non-hydrogen) atoms. The van der Waals surface area contributed by atoms with E-state index in [-0.39, 0.29) is 17.9 Å². The molecule has 0 amide bonds. The van der Waals surface area contributed by atoms with Crippen molar-refractivity contribution in [2.75, 3.05) is 6.61 Å². The molecule has 1 N–H and O–H groups in total. The van der Waals surface area contributed by atoms with Crippen molar-refractivity contribution >= 4 is 5.69 Å². The lowest BCUT2D eigenvalue weighted by atomic mass is 10.1. The van der Waals surface area contributed by atoms with E-state index >= 15 is 0 Å². The van der Waals surface area contributed by atoms with Gasteiger partial charge in [0.15, 0.2) is 0 Å². The van der Waals surface area contributed by atoms with Crippen molar-refractivity contribution in [1.82, 2.24) is 0 Å². The maximum atomic E-state index is 13.8. The summed E-state index contributed by atoms with van der Waals surface area (Å²) in [4.78, 5) is 10.1. The Bertz CT molecular complexity index is 503. The maximum absolute atomic E-state index is 13.8. The molecule has 1 aromatic carbocycles. The molecular weight excluding hydrogens is 237 g/mol. The predicted octanol–water partition coefficient (Wildman–Crippen LogP) is 2.56. The Morgan fingerprint density at radius 3 is 2.78 bits per heavy atom. The van der Waals surface area contributed by atoms with Crippen molar-refractivity contribution in [3.8, 4) is 11.8 Å². The van der Waals surface area contributed by atoms with Gasteiger partial charge in [0.25, 0.3) is 5.69 Å². The molecule has 0 radical (unpaired) electrons. The van der Waals surface area contributed by atoms with Crippen LogP contribution in [0.5, 0.6) is 0 Å². The molecule has 0 aliphatic carbocycles. The van der Waals surface area contributed by atoms with Crippen LogP contribution in [0.1, 0.15) is 30.4 Å². The lowest BCUT2D eigenvalue weighted by molar-refractivity contribution is -0.385. The minimum absolute atomic E-state index is 0.0840. The number of nitro groups is 1. The summed E-state index contributed by atoms with van der Waals surface area (Å²) >= 11 is 0. The molecule has 0 saturated heterocycles. The van der Waals surface area contributed by atoms with E-state index in [1.165, 1.54) is 19.1 Å². The maximum Gasteiger partial charge on any atom is 0.287 e. The van der Waals surface area contributed by atoms with Crippen LogP contribution in [0.4, 0.5) is 10.1 Å². The van der Waals surface area contributed by atoms with Crippen LogP contribution in [0.3, 0.4) is 0 Å². The molecule has 1 rings (SSSR count). The number of aliphatic hydroxyl groups excluding tert-OH is 1. The van der Waals surface area contributed by atoms with Gasteiger partial charge in [-0.2, -0.15) is 0 Å². The van der Waals surface area contributed by atoms with Crippen LogP contribution >= 0.6 is 0 Å². The fourth-order valence-corrected chi connectivity index (χ4v) is 1.42. The number of hydrogen-bond acceptors (Lipinski definition) is 3. The number of nitro benzene ring substituents is 1. The lowest BCUT2D eigenvalue weighted by Crippen LogP contribution is -1.97. The Morgan fingerprint density at radius 1 is 1.44 bits per heavy atom. The summed E-state index contributed by atoms with van der Waals surface area (Å²) in [5.74, 6) is 4.57. The first kappa shape index (κ1) is 14.1. The van der Waals surface area contributed by atoms with Gasteiger partial charge < -0.3 is 5.11 Å². The van der Waals surface area contributed by atoms with Gasteiger partial charge >= 0.3 is 0 Å². The summed E-state index contributed by atoms with van der Waals surface area (Å²) < 4.78 is 13.8. The van der Waals surface area contributed by atoms with Crippen LogP contribution in [-0.4, -0.2) is 16.6 Å². The number of nitrogens with zero attached hydrogens (tertiary/aromatic N) is 1. The van der Waals surface area contributed by atoms with E-state index in [4.69, 9.17) is 5.11 Å². The van der Waals surface area contributed by atoms with Crippen LogP contribution in [0, 0.1) is 34.7 Å². The molecule has 4 nitrogen and oxygen atoms in total.